The number of rotatable bonds is 5. The smallest absolute Gasteiger partial charge is 0.416 e. The van der Waals surface area contributed by atoms with Crippen molar-refractivity contribution in [2.75, 3.05) is 34.2 Å². The lowest BCUT2D eigenvalue weighted by molar-refractivity contribution is -0.159. The molecule has 0 radical (unpaired) electrons. The number of alkyl halides is 3. The first-order chi connectivity index (χ1) is 22.0. The lowest BCUT2D eigenvalue weighted by Gasteiger charge is -2.69. The molecule has 6 nitrogen and oxygen atoms in total. The van der Waals surface area contributed by atoms with Crippen molar-refractivity contribution >= 4 is 5.91 Å². The molecule has 2 aliphatic carbocycles. The fourth-order valence-electron chi connectivity index (χ4n) is 9.21. The van der Waals surface area contributed by atoms with Crippen molar-refractivity contribution in [3.8, 4) is 23.3 Å². The number of carbonyl (C=O) groups is 1. The van der Waals surface area contributed by atoms with Crippen LogP contribution in [0.5, 0.6) is 11.5 Å². The van der Waals surface area contributed by atoms with Crippen LogP contribution >= 0.6 is 0 Å². The summed E-state index contributed by atoms with van der Waals surface area (Å²) in [4.78, 5) is 20.2. The number of phenols is 1. The molecule has 46 heavy (non-hydrogen) atoms. The first-order valence-electron chi connectivity index (χ1n) is 15.9. The molecule has 1 saturated heterocycles. The van der Waals surface area contributed by atoms with Crippen molar-refractivity contribution in [1.29, 1.82) is 0 Å². The summed E-state index contributed by atoms with van der Waals surface area (Å²) >= 11 is 0. The molecule has 2 fully saturated rings. The largest absolute Gasteiger partial charge is 0.504 e. The first kappa shape index (κ1) is 30.6. The Morgan fingerprint density at radius 2 is 1.78 bits per heavy atom. The Labute approximate surface area is 267 Å². The summed E-state index contributed by atoms with van der Waals surface area (Å²) in [5.74, 6) is 5.65. The van der Waals surface area contributed by atoms with E-state index in [4.69, 9.17) is 4.74 Å². The molecule has 7 rings (SSSR count). The Morgan fingerprint density at radius 1 is 1.04 bits per heavy atom. The summed E-state index contributed by atoms with van der Waals surface area (Å²) < 4.78 is 45.8. The molecule has 2 aliphatic heterocycles. The van der Waals surface area contributed by atoms with Crippen LogP contribution in [0.1, 0.15) is 47.1 Å². The van der Waals surface area contributed by atoms with E-state index in [0.29, 0.717) is 17.7 Å². The number of carbonyl (C=O) groups excluding carboxylic acids is 1. The molecule has 1 N–H and O–H groups in total. The fraction of sp³-hybridized carbons (Fsp3) is 0.432. The van der Waals surface area contributed by atoms with Crippen LogP contribution in [0.4, 0.5) is 13.2 Å². The maximum atomic E-state index is 13.5. The van der Waals surface area contributed by atoms with Crippen molar-refractivity contribution < 1.29 is 27.8 Å². The third-order valence-corrected chi connectivity index (χ3v) is 11.2. The van der Waals surface area contributed by atoms with Crippen molar-refractivity contribution in [3.05, 3.63) is 94.5 Å². The number of benzene rings is 3. The fourth-order valence-corrected chi connectivity index (χ4v) is 9.21. The molecule has 9 heteroatoms. The minimum atomic E-state index is -4.44. The van der Waals surface area contributed by atoms with Crippen molar-refractivity contribution in [3.63, 3.8) is 0 Å². The van der Waals surface area contributed by atoms with E-state index in [0.717, 1.165) is 56.5 Å². The molecular formula is C37H38F3N3O3. The van der Waals surface area contributed by atoms with Crippen molar-refractivity contribution in [1.82, 2.24) is 14.7 Å². The Morgan fingerprint density at radius 3 is 2.48 bits per heavy atom. The van der Waals surface area contributed by atoms with Crippen LogP contribution in [0, 0.1) is 11.8 Å². The highest BCUT2D eigenvalue weighted by Gasteiger charge is 2.74. The van der Waals surface area contributed by atoms with Crippen LogP contribution in [-0.2, 0) is 29.2 Å². The van der Waals surface area contributed by atoms with Gasteiger partial charge in [-0.15, -0.1) is 0 Å². The number of halogens is 3. The molecule has 3 aromatic carbocycles. The molecular weight excluding hydrogens is 591 g/mol. The van der Waals surface area contributed by atoms with Gasteiger partial charge >= 0.3 is 6.18 Å². The van der Waals surface area contributed by atoms with E-state index < -0.39 is 29.2 Å². The van der Waals surface area contributed by atoms with Gasteiger partial charge in [0, 0.05) is 42.2 Å². The third kappa shape index (κ3) is 4.52. The van der Waals surface area contributed by atoms with Gasteiger partial charge in [0.05, 0.1) is 17.0 Å². The number of hydrogen-bond donors (Lipinski definition) is 1. The third-order valence-electron chi connectivity index (χ3n) is 11.2. The minimum absolute atomic E-state index is 0.120. The van der Waals surface area contributed by atoms with Gasteiger partial charge in [-0.05, 0) is 94.2 Å². The molecule has 2 heterocycles. The van der Waals surface area contributed by atoms with Crippen molar-refractivity contribution in [2.24, 2.45) is 0 Å². The monoisotopic (exact) mass is 629 g/mol. The Hall–Kier alpha value is -4.00. The minimum Gasteiger partial charge on any atom is -0.504 e. The van der Waals surface area contributed by atoms with Crippen LogP contribution in [-0.4, -0.2) is 83.7 Å². The van der Waals surface area contributed by atoms with Gasteiger partial charge in [-0.2, -0.15) is 13.2 Å². The molecule has 1 amide bonds. The van der Waals surface area contributed by atoms with E-state index in [1.54, 1.807) is 18.0 Å². The lowest BCUT2D eigenvalue weighted by atomic mass is 9.46. The number of nitrogens with zero attached hydrogens (tertiary/aromatic N) is 3. The predicted octanol–water partition coefficient (Wildman–Crippen LogP) is 5.26. The zero-order valence-corrected chi connectivity index (χ0v) is 26.3. The van der Waals surface area contributed by atoms with Gasteiger partial charge in [0.1, 0.15) is 6.10 Å². The standard InChI is InChI=1S/C37H38F3N3O3/c1-41(2)36-19-17-28(42(3)31(45)16-11-25-9-13-27(14-10-25)37(38,39)40)34-35(36)20-22-43(21-18-24-7-5-4-6-8-24)30(36)23-26-12-15-29(44)33(46-34)32(26)35/h4-10,12-15,28,30,34,44H,17-23H2,1-3H3/t28-,30-,34+,35+,36-/m1/s1. The number of amides is 1. The molecule has 0 unspecified atom stereocenters. The number of phenolic OH excluding ortho intramolecular Hbond substituents is 1. The van der Waals surface area contributed by atoms with Crippen LogP contribution in [0.15, 0.2) is 66.7 Å². The summed E-state index contributed by atoms with van der Waals surface area (Å²) in [5.41, 5.74) is 2.43. The molecule has 2 bridgehead atoms. The molecule has 4 aliphatic rings. The summed E-state index contributed by atoms with van der Waals surface area (Å²) in [6.45, 7) is 1.81. The topological polar surface area (TPSA) is 56.2 Å². The average Bonchev–Trinajstić information content (AvgIpc) is 3.39. The van der Waals surface area contributed by atoms with E-state index in [1.807, 2.05) is 12.1 Å². The van der Waals surface area contributed by atoms with Crippen LogP contribution in [0.25, 0.3) is 0 Å². The number of aromatic hydroxyl groups is 1. The lowest BCUT2D eigenvalue weighted by Crippen LogP contribution is -2.82. The number of likely N-dealkylation sites (tertiary alicyclic amines) is 1. The second-order valence-electron chi connectivity index (χ2n) is 13.4. The van der Waals surface area contributed by atoms with Gasteiger partial charge in [0.2, 0.25) is 0 Å². The van der Waals surface area contributed by atoms with Gasteiger partial charge in [-0.1, -0.05) is 42.3 Å². The highest BCUT2D eigenvalue weighted by atomic mass is 19.4. The molecule has 240 valence electrons. The number of ether oxygens (including phenoxy) is 1. The van der Waals surface area contributed by atoms with E-state index in [9.17, 15) is 23.1 Å². The van der Waals surface area contributed by atoms with E-state index in [2.05, 4.69) is 60.0 Å². The van der Waals surface area contributed by atoms with E-state index in [1.165, 1.54) is 23.3 Å². The van der Waals surface area contributed by atoms with E-state index >= 15 is 0 Å². The maximum absolute atomic E-state index is 13.5. The first-order valence-corrected chi connectivity index (χ1v) is 15.9. The second kappa shape index (κ2) is 11.1. The van der Waals surface area contributed by atoms with Gasteiger partial charge < -0.3 is 19.6 Å². The Bertz CT molecular complexity index is 1720. The number of piperidine rings is 1. The highest BCUT2D eigenvalue weighted by molar-refractivity contribution is 5.94. The Balaban J connectivity index is 1.22. The molecule has 0 aromatic heterocycles. The molecule has 3 aromatic rings. The summed E-state index contributed by atoms with van der Waals surface area (Å²) in [6, 6.07) is 18.8. The molecule has 5 atom stereocenters. The molecule has 1 spiro atoms. The van der Waals surface area contributed by atoms with Gasteiger partial charge in [-0.3, -0.25) is 9.69 Å². The van der Waals surface area contributed by atoms with Crippen LogP contribution in [0.3, 0.4) is 0 Å². The van der Waals surface area contributed by atoms with Crippen molar-refractivity contribution in [2.45, 2.75) is 67.4 Å². The highest BCUT2D eigenvalue weighted by Crippen LogP contribution is 2.67. The predicted molar refractivity (Wildman–Crippen MR) is 169 cm³/mol. The molecule has 1 saturated carbocycles. The quantitative estimate of drug-likeness (QED) is 0.391. The zero-order valence-electron chi connectivity index (χ0n) is 26.3. The van der Waals surface area contributed by atoms with Gasteiger partial charge in [-0.25, -0.2) is 0 Å². The van der Waals surface area contributed by atoms with Crippen LogP contribution in [0.2, 0.25) is 0 Å². The van der Waals surface area contributed by atoms with Gasteiger partial charge in [0.25, 0.3) is 5.91 Å². The average molecular weight is 630 g/mol. The summed E-state index contributed by atoms with van der Waals surface area (Å²) in [6.07, 6.45) is -0.693. The normalized spacial score (nSPS) is 27.8. The zero-order chi connectivity index (χ0) is 32.4. The van der Waals surface area contributed by atoms with Gasteiger partial charge in [0.15, 0.2) is 11.5 Å². The number of likely N-dealkylation sites (N-methyl/N-ethyl adjacent to an activating group) is 2. The maximum Gasteiger partial charge on any atom is 0.416 e. The SMILES string of the molecule is CN(C(=O)C#Cc1ccc(C(F)(F)F)cc1)[C@@H]1CC[C@@]2(N(C)C)[C@H]3Cc4ccc(O)c5c4[C@@]2(CCN3CCc2ccccc2)[C@H]1O5. The van der Waals surface area contributed by atoms with Crippen LogP contribution < -0.4 is 4.74 Å². The Kier molecular flexibility index (Phi) is 7.37. The summed E-state index contributed by atoms with van der Waals surface area (Å²) in [5, 5.41) is 11.1. The second-order valence-corrected chi connectivity index (χ2v) is 13.4. The number of hydrogen-bond acceptors (Lipinski definition) is 5. The van der Waals surface area contributed by atoms with E-state index in [-0.39, 0.29) is 23.4 Å². The summed E-state index contributed by atoms with van der Waals surface area (Å²) in [7, 11) is 6.04.